The van der Waals surface area contributed by atoms with Gasteiger partial charge in [0, 0.05) is 18.2 Å². The summed E-state index contributed by atoms with van der Waals surface area (Å²) in [5.74, 6) is -4.84. The lowest BCUT2D eigenvalue weighted by atomic mass is 10.2. The Morgan fingerprint density at radius 3 is 2.19 bits per heavy atom. The van der Waals surface area contributed by atoms with E-state index in [0.29, 0.717) is 17.7 Å². The summed E-state index contributed by atoms with van der Waals surface area (Å²) in [6, 6.07) is 6.21. The van der Waals surface area contributed by atoms with Crippen molar-refractivity contribution in [3.05, 3.63) is 71.3 Å². The van der Waals surface area contributed by atoms with Crippen LogP contribution in [0.25, 0.3) is 6.08 Å². The minimum absolute atomic E-state index is 0.342. The van der Waals surface area contributed by atoms with Gasteiger partial charge in [-0.1, -0.05) is 12.1 Å². The Hall–Kier alpha value is -2.63. The highest BCUT2D eigenvalue weighted by Crippen LogP contribution is 2.18. The van der Waals surface area contributed by atoms with Gasteiger partial charge in [0.25, 0.3) is 0 Å². The highest BCUT2D eigenvalue weighted by Gasteiger charge is 2.10. The first-order valence-electron chi connectivity index (χ1n) is 5.85. The van der Waals surface area contributed by atoms with E-state index < -0.39 is 34.9 Å². The summed E-state index contributed by atoms with van der Waals surface area (Å²) in [6.07, 6.45) is 2.43. The standard InChI is InChI=1S/C15H9F4NO/c16-10-4-1-9(2-5-10)3-6-15(21)20-14-8-12(18)11(17)7-13(14)19/h1-8H,(H,20,21). The van der Waals surface area contributed by atoms with Crippen LogP contribution in [0.4, 0.5) is 23.2 Å². The molecule has 2 aromatic rings. The summed E-state index contributed by atoms with van der Waals surface area (Å²) < 4.78 is 51.7. The van der Waals surface area contributed by atoms with Crippen molar-refractivity contribution < 1.29 is 22.4 Å². The van der Waals surface area contributed by atoms with Crippen LogP contribution in [0, 0.1) is 23.3 Å². The van der Waals surface area contributed by atoms with Gasteiger partial charge in [-0.3, -0.25) is 4.79 Å². The molecule has 0 unspecified atom stereocenters. The van der Waals surface area contributed by atoms with Crippen molar-refractivity contribution in [1.82, 2.24) is 0 Å². The lowest BCUT2D eigenvalue weighted by Crippen LogP contribution is -2.10. The van der Waals surface area contributed by atoms with Gasteiger partial charge < -0.3 is 5.32 Å². The average molecular weight is 295 g/mol. The van der Waals surface area contributed by atoms with E-state index in [1.807, 2.05) is 0 Å². The number of nitrogens with one attached hydrogen (secondary N) is 1. The molecule has 108 valence electrons. The molecule has 6 heteroatoms. The van der Waals surface area contributed by atoms with Crippen molar-refractivity contribution in [2.75, 3.05) is 5.32 Å². The second-order valence-corrected chi connectivity index (χ2v) is 4.12. The third kappa shape index (κ3) is 3.92. The second kappa shape index (κ2) is 6.21. The Morgan fingerprint density at radius 2 is 1.52 bits per heavy atom. The Morgan fingerprint density at radius 1 is 0.905 bits per heavy atom. The van der Waals surface area contributed by atoms with Gasteiger partial charge in [-0.25, -0.2) is 17.6 Å². The van der Waals surface area contributed by atoms with Gasteiger partial charge in [0.2, 0.25) is 5.91 Å². The van der Waals surface area contributed by atoms with Crippen LogP contribution in [0.3, 0.4) is 0 Å². The summed E-state index contributed by atoms with van der Waals surface area (Å²) in [5, 5.41) is 2.08. The summed E-state index contributed by atoms with van der Waals surface area (Å²) in [7, 11) is 0. The van der Waals surface area contributed by atoms with Gasteiger partial charge >= 0.3 is 0 Å². The first-order chi connectivity index (χ1) is 9.95. The van der Waals surface area contributed by atoms with Crippen molar-refractivity contribution in [2.24, 2.45) is 0 Å². The maximum Gasteiger partial charge on any atom is 0.248 e. The molecular weight excluding hydrogens is 286 g/mol. The van der Waals surface area contributed by atoms with Crippen molar-refractivity contribution in [3.63, 3.8) is 0 Å². The number of halogens is 4. The lowest BCUT2D eigenvalue weighted by molar-refractivity contribution is -0.111. The zero-order chi connectivity index (χ0) is 15.4. The molecule has 0 atom stereocenters. The Kier molecular flexibility index (Phi) is 4.37. The maximum atomic E-state index is 13.3. The molecule has 0 bridgehead atoms. The first kappa shape index (κ1) is 14.8. The van der Waals surface area contributed by atoms with Crippen LogP contribution < -0.4 is 5.32 Å². The van der Waals surface area contributed by atoms with Crippen LogP contribution in [0.2, 0.25) is 0 Å². The molecule has 0 aliphatic carbocycles. The number of rotatable bonds is 3. The van der Waals surface area contributed by atoms with Crippen LogP contribution in [-0.2, 0) is 4.79 Å². The molecule has 0 saturated carbocycles. The van der Waals surface area contributed by atoms with Gasteiger partial charge in [-0.15, -0.1) is 0 Å². The molecule has 0 aromatic heterocycles. The number of benzene rings is 2. The third-order valence-corrected chi connectivity index (χ3v) is 2.56. The van der Waals surface area contributed by atoms with Gasteiger partial charge in [-0.2, -0.15) is 0 Å². The fraction of sp³-hybridized carbons (Fsp3) is 0. The summed E-state index contributed by atoms with van der Waals surface area (Å²) in [5.41, 5.74) is 0.0833. The average Bonchev–Trinajstić information content (AvgIpc) is 2.44. The van der Waals surface area contributed by atoms with Crippen molar-refractivity contribution in [2.45, 2.75) is 0 Å². The minimum Gasteiger partial charge on any atom is -0.320 e. The summed E-state index contributed by atoms with van der Waals surface area (Å²) in [6.45, 7) is 0. The zero-order valence-electron chi connectivity index (χ0n) is 10.5. The predicted octanol–water partition coefficient (Wildman–Crippen LogP) is 3.89. The third-order valence-electron chi connectivity index (χ3n) is 2.56. The molecule has 2 rings (SSSR count). The largest absolute Gasteiger partial charge is 0.320 e. The highest BCUT2D eigenvalue weighted by atomic mass is 19.2. The predicted molar refractivity (Wildman–Crippen MR) is 70.4 cm³/mol. The van der Waals surface area contributed by atoms with Gasteiger partial charge in [-0.05, 0) is 23.8 Å². The van der Waals surface area contributed by atoms with Gasteiger partial charge in [0.05, 0.1) is 5.69 Å². The normalized spacial score (nSPS) is 10.9. The van der Waals surface area contributed by atoms with Crippen LogP contribution in [0.1, 0.15) is 5.56 Å². The number of carbonyl (C=O) groups excluding carboxylic acids is 1. The van der Waals surface area contributed by atoms with E-state index >= 15 is 0 Å². The lowest BCUT2D eigenvalue weighted by Gasteiger charge is -2.04. The van der Waals surface area contributed by atoms with Crippen LogP contribution >= 0.6 is 0 Å². The number of hydrogen-bond donors (Lipinski definition) is 1. The zero-order valence-corrected chi connectivity index (χ0v) is 10.5. The molecule has 2 nitrogen and oxygen atoms in total. The topological polar surface area (TPSA) is 29.1 Å². The van der Waals surface area contributed by atoms with E-state index in [0.717, 1.165) is 6.08 Å². The van der Waals surface area contributed by atoms with Crippen LogP contribution in [-0.4, -0.2) is 5.91 Å². The quantitative estimate of drug-likeness (QED) is 0.519. The molecule has 0 radical (unpaired) electrons. The Labute approximate surface area is 117 Å². The van der Waals surface area contributed by atoms with Crippen molar-refractivity contribution in [1.29, 1.82) is 0 Å². The Balaban J connectivity index is 2.08. The van der Waals surface area contributed by atoms with E-state index in [9.17, 15) is 22.4 Å². The van der Waals surface area contributed by atoms with Crippen LogP contribution in [0.15, 0.2) is 42.5 Å². The molecule has 0 saturated heterocycles. The molecule has 0 fully saturated rings. The maximum absolute atomic E-state index is 13.3. The van der Waals surface area contributed by atoms with Gasteiger partial charge in [0.1, 0.15) is 11.6 Å². The monoisotopic (exact) mass is 295 g/mol. The van der Waals surface area contributed by atoms with E-state index in [1.165, 1.54) is 30.3 Å². The smallest absolute Gasteiger partial charge is 0.248 e. The fourth-order valence-corrected chi connectivity index (χ4v) is 1.54. The second-order valence-electron chi connectivity index (χ2n) is 4.12. The SMILES string of the molecule is O=C(C=Cc1ccc(F)cc1)Nc1cc(F)c(F)cc1F. The van der Waals surface area contributed by atoms with E-state index in [1.54, 1.807) is 0 Å². The van der Waals surface area contributed by atoms with Crippen LogP contribution in [0.5, 0.6) is 0 Å². The fourth-order valence-electron chi connectivity index (χ4n) is 1.54. The number of amides is 1. The number of carbonyl (C=O) groups is 1. The van der Waals surface area contributed by atoms with Crippen molar-refractivity contribution in [3.8, 4) is 0 Å². The molecule has 0 aliphatic rings. The minimum atomic E-state index is -1.34. The van der Waals surface area contributed by atoms with Crippen molar-refractivity contribution >= 4 is 17.7 Å². The molecule has 1 amide bonds. The van der Waals surface area contributed by atoms with E-state index in [4.69, 9.17) is 0 Å². The summed E-state index contributed by atoms with van der Waals surface area (Å²) in [4.78, 5) is 11.5. The molecule has 0 heterocycles. The molecule has 21 heavy (non-hydrogen) atoms. The molecule has 2 aromatic carbocycles. The van der Waals surface area contributed by atoms with Gasteiger partial charge in [0.15, 0.2) is 11.6 Å². The number of anilines is 1. The first-order valence-corrected chi connectivity index (χ1v) is 5.85. The van der Waals surface area contributed by atoms with E-state index in [-0.39, 0.29) is 0 Å². The highest BCUT2D eigenvalue weighted by molar-refractivity contribution is 6.01. The summed E-state index contributed by atoms with van der Waals surface area (Å²) >= 11 is 0. The number of hydrogen-bond acceptors (Lipinski definition) is 1. The molecule has 0 spiro atoms. The molecule has 0 aliphatic heterocycles. The van der Waals surface area contributed by atoms with E-state index in [2.05, 4.69) is 5.32 Å². The molecule has 1 N–H and O–H groups in total. The molecular formula is C15H9F4NO. The Bertz CT molecular complexity index is 696.